The van der Waals surface area contributed by atoms with Gasteiger partial charge < -0.3 is 15.2 Å². The molecule has 19 heavy (non-hydrogen) atoms. The van der Waals surface area contributed by atoms with E-state index in [-0.39, 0.29) is 6.10 Å². The third-order valence-electron chi connectivity index (χ3n) is 3.70. The van der Waals surface area contributed by atoms with Gasteiger partial charge in [-0.1, -0.05) is 18.2 Å². The smallest absolute Gasteiger partial charge is 0.162 e. The van der Waals surface area contributed by atoms with Crippen molar-refractivity contribution in [2.24, 2.45) is 5.73 Å². The molecule has 102 valence electrons. The van der Waals surface area contributed by atoms with E-state index in [9.17, 15) is 0 Å². The molecule has 1 aromatic rings. The molecule has 0 spiro atoms. The zero-order valence-electron chi connectivity index (χ0n) is 11.0. The maximum absolute atomic E-state index is 6.03. The molecule has 0 radical (unpaired) electrons. The topological polar surface area (TPSA) is 47.7 Å². The molecule has 1 unspecified atom stereocenters. The van der Waals surface area contributed by atoms with Crippen molar-refractivity contribution in [2.75, 3.05) is 32.8 Å². The second-order valence-electron chi connectivity index (χ2n) is 4.98. The van der Waals surface area contributed by atoms with Crippen molar-refractivity contribution in [3.63, 3.8) is 0 Å². The van der Waals surface area contributed by atoms with Crippen LogP contribution in [0.1, 0.15) is 6.42 Å². The maximum atomic E-state index is 6.03. The first-order valence-electron chi connectivity index (χ1n) is 6.86. The molecule has 2 N–H and O–H groups in total. The fourth-order valence-electron chi connectivity index (χ4n) is 2.61. The fourth-order valence-corrected chi connectivity index (χ4v) is 2.61. The highest BCUT2D eigenvalue weighted by Gasteiger charge is 2.25. The van der Waals surface area contributed by atoms with E-state index in [1.54, 1.807) is 0 Å². The molecule has 0 fully saturated rings. The summed E-state index contributed by atoms with van der Waals surface area (Å²) in [5.74, 6) is 1.70. The van der Waals surface area contributed by atoms with Crippen molar-refractivity contribution in [3.05, 3.63) is 35.9 Å². The molecule has 4 heteroatoms. The van der Waals surface area contributed by atoms with Crippen molar-refractivity contribution < 1.29 is 9.47 Å². The number of hydrogen-bond acceptors (Lipinski definition) is 4. The summed E-state index contributed by atoms with van der Waals surface area (Å²) in [4.78, 5) is 2.36. The number of nitrogens with two attached hydrogens (primary N) is 1. The van der Waals surface area contributed by atoms with Crippen LogP contribution < -0.4 is 15.2 Å². The lowest BCUT2D eigenvalue weighted by molar-refractivity contribution is 0.109. The van der Waals surface area contributed by atoms with Gasteiger partial charge in [-0.15, -0.1) is 0 Å². The lowest BCUT2D eigenvalue weighted by atomic mass is 10.0. The summed E-state index contributed by atoms with van der Waals surface area (Å²) in [7, 11) is 0. The largest absolute Gasteiger partial charge is 0.485 e. The number of rotatable bonds is 3. The Hall–Kier alpha value is -1.52. The summed E-state index contributed by atoms with van der Waals surface area (Å²) in [6, 6.07) is 7.85. The standard InChI is InChI=1S/C15H20N2O2/c16-7-10-17-8-5-12(6-9-17)15-11-18-13-3-1-2-4-14(13)19-15/h1-5,15H,6-11,16H2. The molecule has 2 aliphatic rings. The van der Waals surface area contributed by atoms with Crippen LogP contribution in [0.25, 0.3) is 0 Å². The molecule has 2 heterocycles. The molecule has 3 rings (SSSR count). The molecular formula is C15H20N2O2. The van der Waals surface area contributed by atoms with Gasteiger partial charge in [-0.2, -0.15) is 0 Å². The Bertz CT molecular complexity index is 473. The van der Waals surface area contributed by atoms with Gasteiger partial charge in [0.1, 0.15) is 6.61 Å². The lowest BCUT2D eigenvalue weighted by Crippen LogP contribution is -2.38. The Morgan fingerprint density at radius 3 is 2.84 bits per heavy atom. The van der Waals surface area contributed by atoms with Gasteiger partial charge in [-0.25, -0.2) is 0 Å². The first kappa shape index (κ1) is 12.5. The van der Waals surface area contributed by atoms with E-state index >= 15 is 0 Å². The second kappa shape index (κ2) is 5.63. The average molecular weight is 260 g/mol. The number of ether oxygens (including phenoxy) is 2. The minimum atomic E-state index is 0.0647. The van der Waals surface area contributed by atoms with Gasteiger partial charge in [0.2, 0.25) is 0 Å². The van der Waals surface area contributed by atoms with Crippen molar-refractivity contribution >= 4 is 0 Å². The van der Waals surface area contributed by atoms with Crippen molar-refractivity contribution in [1.29, 1.82) is 0 Å². The Kier molecular flexibility index (Phi) is 3.71. The summed E-state index contributed by atoms with van der Waals surface area (Å²) in [5, 5.41) is 0. The van der Waals surface area contributed by atoms with Crippen molar-refractivity contribution in [1.82, 2.24) is 4.90 Å². The van der Waals surface area contributed by atoms with Crippen molar-refractivity contribution in [2.45, 2.75) is 12.5 Å². The summed E-state index contributed by atoms with van der Waals surface area (Å²) < 4.78 is 11.8. The number of hydrogen-bond donors (Lipinski definition) is 1. The van der Waals surface area contributed by atoms with Crippen molar-refractivity contribution in [3.8, 4) is 11.5 Å². The predicted octanol–water partition coefficient (Wildman–Crippen LogP) is 1.42. The normalized spacial score (nSPS) is 23.0. The van der Waals surface area contributed by atoms with Crippen LogP contribution in [0.15, 0.2) is 35.9 Å². The number of fused-ring (bicyclic) bond motifs is 1. The van der Waals surface area contributed by atoms with Crippen LogP contribution in [0.4, 0.5) is 0 Å². The van der Waals surface area contributed by atoms with Crippen LogP contribution in [0.5, 0.6) is 11.5 Å². The highest BCUT2D eigenvalue weighted by Crippen LogP contribution is 2.33. The van der Waals surface area contributed by atoms with E-state index in [4.69, 9.17) is 15.2 Å². The van der Waals surface area contributed by atoms with E-state index in [1.807, 2.05) is 24.3 Å². The van der Waals surface area contributed by atoms with Gasteiger partial charge in [-0.3, -0.25) is 4.90 Å². The Morgan fingerprint density at radius 2 is 2.11 bits per heavy atom. The van der Waals surface area contributed by atoms with Gasteiger partial charge >= 0.3 is 0 Å². The monoisotopic (exact) mass is 260 g/mol. The Morgan fingerprint density at radius 1 is 1.26 bits per heavy atom. The van der Waals surface area contributed by atoms with E-state index in [0.29, 0.717) is 6.61 Å². The van der Waals surface area contributed by atoms with Gasteiger partial charge in [0, 0.05) is 26.2 Å². The first-order valence-corrected chi connectivity index (χ1v) is 6.86. The van der Waals surface area contributed by atoms with Crippen LogP contribution >= 0.6 is 0 Å². The van der Waals surface area contributed by atoms with Crippen LogP contribution in [0.2, 0.25) is 0 Å². The maximum Gasteiger partial charge on any atom is 0.162 e. The van der Waals surface area contributed by atoms with Gasteiger partial charge in [0.25, 0.3) is 0 Å². The first-order chi connectivity index (χ1) is 9.36. The molecule has 0 aliphatic carbocycles. The molecular weight excluding hydrogens is 240 g/mol. The molecule has 0 saturated carbocycles. The molecule has 2 aliphatic heterocycles. The number of nitrogens with zero attached hydrogens (tertiary/aromatic N) is 1. The molecule has 1 atom stereocenters. The summed E-state index contributed by atoms with van der Waals surface area (Å²) >= 11 is 0. The lowest BCUT2D eigenvalue weighted by Gasteiger charge is -2.32. The quantitative estimate of drug-likeness (QED) is 0.835. The van der Waals surface area contributed by atoms with E-state index in [0.717, 1.165) is 44.1 Å². The fraction of sp³-hybridized carbons (Fsp3) is 0.467. The van der Waals surface area contributed by atoms with Crippen LogP contribution in [-0.2, 0) is 0 Å². The van der Waals surface area contributed by atoms with Crippen LogP contribution in [-0.4, -0.2) is 43.8 Å². The SMILES string of the molecule is NCCN1CC=C(C2COc3ccccc3O2)CC1. The van der Waals surface area contributed by atoms with Gasteiger partial charge in [0.05, 0.1) is 0 Å². The van der Waals surface area contributed by atoms with E-state index in [1.165, 1.54) is 5.57 Å². The molecule has 0 saturated heterocycles. The highest BCUT2D eigenvalue weighted by molar-refractivity contribution is 5.41. The summed E-state index contributed by atoms with van der Waals surface area (Å²) in [6.07, 6.45) is 3.37. The average Bonchev–Trinajstić information content (AvgIpc) is 2.48. The minimum Gasteiger partial charge on any atom is -0.485 e. The third kappa shape index (κ3) is 2.74. The molecule has 0 aromatic heterocycles. The molecule has 0 bridgehead atoms. The Labute approximate surface area is 113 Å². The Balaban J connectivity index is 1.66. The summed E-state index contributed by atoms with van der Waals surface area (Å²) in [5.41, 5.74) is 6.93. The van der Waals surface area contributed by atoms with Crippen LogP contribution in [0.3, 0.4) is 0 Å². The number of para-hydroxylation sites is 2. The molecule has 4 nitrogen and oxygen atoms in total. The zero-order chi connectivity index (χ0) is 13.1. The zero-order valence-corrected chi connectivity index (χ0v) is 11.0. The molecule has 1 aromatic carbocycles. The minimum absolute atomic E-state index is 0.0647. The number of benzene rings is 1. The van der Waals surface area contributed by atoms with E-state index < -0.39 is 0 Å². The van der Waals surface area contributed by atoms with Gasteiger partial charge in [-0.05, 0) is 24.1 Å². The second-order valence-corrected chi connectivity index (χ2v) is 4.98. The third-order valence-corrected chi connectivity index (χ3v) is 3.70. The predicted molar refractivity (Wildman–Crippen MR) is 74.5 cm³/mol. The van der Waals surface area contributed by atoms with Crippen LogP contribution in [0, 0.1) is 0 Å². The van der Waals surface area contributed by atoms with E-state index in [2.05, 4.69) is 11.0 Å². The summed E-state index contributed by atoms with van der Waals surface area (Å²) in [6.45, 7) is 4.33. The molecule has 0 amide bonds. The highest BCUT2D eigenvalue weighted by atomic mass is 16.6. The van der Waals surface area contributed by atoms with Gasteiger partial charge in [0.15, 0.2) is 17.6 Å².